The summed E-state index contributed by atoms with van der Waals surface area (Å²) in [4.78, 5) is 5.08. The lowest BCUT2D eigenvalue weighted by atomic mass is 9.96. The molecule has 3 nitrogen and oxygen atoms in total. The molecule has 0 fully saturated rings. The van der Waals surface area contributed by atoms with E-state index in [1.807, 2.05) is 6.20 Å². The van der Waals surface area contributed by atoms with Crippen molar-refractivity contribution in [2.45, 2.75) is 13.3 Å². The summed E-state index contributed by atoms with van der Waals surface area (Å²) in [7, 11) is 0. The summed E-state index contributed by atoms with van der Waals surface area (Å²) in [6.45, 7) is 2.24. The Hall–Kier alpha value is -6.71. The molecule has 10 rings (SSSR count). The minimum Gasteiger partial charge on any atom is -0.309 e. The molecule has 0 N–H and O–H groups in total. The number of nitrogens with zero attached hydrogens (tertiary/aromatic N) is 3. The molecule has 0 spiro atoms. The van der Waals surface area contributed by atoms with Gasteiger partial charge in [0, 0.05) is 39.0 Å². The quantitative estimate of drug-likeness (QED) is 0.173. The third-order valence-electron chi connectivity index (χ3n) is 10.6. The number of hydrogen-bond acceptors (Lipinski definition) is 1. The van der Waals surface area contributed by atoms with Gasteiger partial charge in [0.1, 0.15) is 5.82 Å². The number of fused-ring (bicyclic) bond motifs is 6. The standard InChI is InChI=1S/C49H35N3/c1-2-39-40(35-23-21-34(22-24-35)33-13-5-3-6-14-33)29-30-50-49(39)52-46-20-12-10-18-42(46)44-32-37(26-28-48(44)52)36-25-27-47-43(31-36)41-17-9-11-19-45(41)51(47)38-15-7-4-8-16-38/h3-32H,2H2,1H3. The van der Waals surface area contributed by atoms with Gasteiger partial charge in [-0.05, 0) is 94.4 Å². The average molecular weight is 666 g/mol. The molecule has 0 aliphatic carbocycles. The van der Waals surface area contributed by atoms with Crippen LogP contribution in [0.1, 0.15) is 12.5 Å². The Morgan fingerprint density at radius 1 is 0.404 bits per heavy atom. The van der Waals surface area contributed by atoms with Crippen LogP contribution in [0, 0.1) is 0 Å². The first-order chi connectivity index (χ1) is 25.8. The van der Waals surface area contributed by atoms with Crippen LogP contribution < -0.4 is 0 Å². The van der Waals surface area contributed by atoms with Gasteiger partial charge < -0.3 is 4.57 Å². The minimum atomic E-state index is 0.863. The van der Waals surface area contributed by atoms with Crippen molar-refractivity contribution in [3.8, 4) is 44.9 Å². The highest BCUT2D eigenvalue weighted by atomic mass is 15.1. The number of rotatable bonds is 6. The maximum Gasteiger partial charge on any atom is 0.141 e. The van der Waals surface area contributed by atoms with E-state index in [9.17, 15) is 0 Å². The van der Waals surface area contributed by atoms with Gasteiger partial charge in [0.05, 0.1) is 22.1 Å². The second kappa shape index (κ2) is 12.3. The molecular weight excluding hydrogens is 631 g/mol. The molecule has 7 aromatic carbocycles. The summed E-state index contributed by atoms with van der Waals surface area (Å²) in [6.07, 6.45) is 2.83. The summed E-state index contributed by atoms with van der Waals surface area (Å²) in [5, 5.41) is 4.96. The van der Waals surface area contributed by atoms with Crippen molar-refractivity contribution in [3.63, 3.8) is 0 Å². The first kappa shape index (κ1) is 30.1. The van der Waals surface area contributed by atoms with E-state index in [-0.39, 0.29) is 0 Å². The Labute approximate surface area is 302 Å². The van der Waals surface area contributed by atoms with E-state index in [4.69, 9.17) is 4.98 Å². The Morgan fingerprint density at radius 2 is 0.885 bits per heavy atom. The van der Waals surface area contributed by atoms with Crippen molar-refractivity contribution in [2.75, 3.05) is 0 Å². The van der Waals surface area contributed by atoms with E-state index in [2.05, 4.69) is 192 Å². The van der Waals surface area contributed by atoms with Gasteiger partial charge in [0.25, 0.3) is 0 Å². The lowest BCUT2D eigenvalue weighted by Crippen LogP contribution is -2.04. The molecule has 3 heteroatoms. The summed E-state index contributed by atoms with van der Waals surface area (Å²) in [5.74, 6) is 0.987. The van der Waals surface area contributed by atoms with Gasteiger partial charge >= 0.3 is 0 Å². The molecule has 0 saturated heterocycles. The highest BCUT2D eigenvalue weighted by Gasteiger charge is 2.19. The van der Waals surface area contributed by atoms with E-state index in [0.717, 1.165) is 23.3 Å². The molecule has 10 aromatic rings. The van der Waals surface area contributed by atoms with E-state index < -0.39 is 0 Å². The zero-order chi connectivity index (χ0) is 34.6. The van der Waals surface area contributed by atoms with Crippen molar-refractivity contribution < 1.29 is 0 Å². The molecule has 0 aliphatic rings. The van der Waals surface area contributed by atoms with Gasteiger partial charge in [-0.25, -0.2) is 4.98 Å². The third kappa shape index (κ3) is 4.78. The molecule has 0 bridgehead atoms. The normalized spacial score (nSPS) is 11.6. The second-order valence-electron chi connectivity index (χ2n) is 13.5. The zero-order valence-corrected chi connectivity index (χ0v) is 28.9. The first-order valence-corrected chi connectivity index (χ1v) is 18.0. The summed E-state index contributed by atoms with van der Waals surface area (Å²) >= 11 is 0. The molecule has 0 unspecified atom stereocenters. The van der Waals surface area contributed by atoms with Crippen LogP contribution in [-0.2, 0) is 6.42 Å². The van der Waals surface area contributed by atoms with E-state index in [1.54, 1.807) is 0 Å². The van der Waals surface area contributed by atoms with Crippen molar-refractivity contribution in [1.82, 2.24) is 14.1 Å². The zero-order valence-electron chi connectivity index (χ0n) is 28.9. The SMILES string of the molecule is CCc1c(-c2ccc(-c3ccccc3)cc2)ccnc1-n1c2ccccc2c2cc(-c3ccc4c(c3)c3ccccc3n4-c3ccccc3)ccc21. The molecule has 0 aliphatic heterocycles. The maximum absolute atomic E-state index is 5.08. The highest BCUT2D eigenvalue weighted by molar-refractivity contribution is 6.12. The largest absolute Gasteiger partial charge is 0.309 e. The number of pyridine rings is 1. The van der Waals surface area contributed by atoms with Crippen LogP contribution in [-0.4, -0.2) is 14.1 Å². The van der Waals surface area contributed by atoms with Crippen molar-refractivity contribution >= 4 is 43.6 Å². The Morgan fingerprint density at radius 3 is 1.52 bits per heavy atom. The Balaban J connectivity index is 1.11. The fourth-order valence-corrected chi connectivity index (χ4v) is 8.15. The number of hydrogen-bond donors (Lipinski definition) is 0. The van der Waals surface area contributed by atoms with Gasteiger partial charge in [-0.2, -0.15) is 0 Å². The van der Waals surface area contributed by atoms with Crippen LogP contribution in [0.15, 0.2) is 182 Å². The smallest absolute Gasteiger partial charge is 0.141 e. The van der Waals surface area contributed by atoms with Gasteiger partial charge in [-0.3, -0.25) is 4.57 Å². The van der Waals surface area contributed by atoms with E-state index in [1.165, 1.54) is 77.2 Å². The molecule has 246 valence electrons. The summed E-state index contributed by atoms with van der Waals surface area (Å²) < 4.78 is 4.74. The molecule has 0 amide bonds. The first-order valence-electron chi connectivity index (χ1n) is 18.0. The molecule has 0 radical (unpaired) electrons. The van der Waals surface area contributed by atoms with Crippen LogP contribution >= 0.6 is 0 Å². The molecule has 3 aromatic heterocycles. The number of para-hydroxylation sites is 3. The number of aromatic nitrogens is 3. The van der Waals surface area contributed by atoms with Crippen LogP contribution in [0.25, 0.3) is 88.5 Å². The van der Waals surface area contributed by atoms with Gasteiger partial charge in [0.15, 0.2) is 0 Å². The highest BCUT2D eigenvalue weighted by Crippen LogP contribution is 2.39. The molecule has 0 atom stereocenters. The van der Waals surface area contributed by atoms with Gasteiger partial charge in [0.2, 0.25) is 0 Å². The lowest BCUT2D eigenvalue weighted by Gasteiger charge is -2.16. The third-order valence-corrected chi connectivity index (χ3v) is 10.6. The van der Waals surface area contributed by atoms with Crippen molar-refractivity contribution in [1.29, 1.82) is 0 Å². The maximum atomic E-state index is 5.08. The van der Waals surface area contributed by atoms with Crippen LogP contribution in [0.4, 0.5) is 0 Å². The monoisotopic (exact) mass is 665 g/mol. The van der Waals surface area contributed by atoms with Crippen LogP contribution in [0.2, 0.25) is 0 Å². The molecule has 52 heavy (non-hydrogen) atoms. The molecular formula is C49H35N3. The van der Waals surface area contributed by atoms with Crippen LogP contribution in [0.5, 0.6) is 0 Å². The minimum absolute atomic E-state index is 0.863. The molecule has 0 saturated carbocycles. The predicted octanol–water partition coefficient (Wildman–Crippen LogP) is 12.8. The number of benzene rings is 7. The van der Waals surface area contributed by atoms with Gasteiger partial charge in [-0.1, -0.05) is 128 Å². The summed E-state index contributed by atoms with van der Waals surface area (Å²) in [6, 6.07) is 63.6. The lowest BCUT2D eigenvalue weighted by molar-refractivity contribution is 1.00. The Kier molecular flexibility index (Phi) is 7.10. The van der Waals surface area contributed by atoms with Crippen molar-refractivity contribution in [3.05, 3.63) is 188 Å². The van der Waals surface area contributed by atoms with E-state index >= 15 is 0 Å². The summed E-state index contributed by atoms with van der Waals surface area (Å²) in [5.41, 5.74) is 14.4. The Bertz CT molecular complexity index is 2910. The fourth-order valence-electron chi connectivity index (χ4n) is 8.15. The van der Waals surface area contributed by atoms with Gasteiger partial charge in [-0.15, -0.1) is 0 Å². The van der Waals surface area contributed by atoms with Crippen molar-refractivity contribution in [2.24, 2.45) is 0 Å². The predicted molar refractivity (Wildman–Crippen MR) is 219 cm³/mol. The molecule has 3 heterocycles. The average Bonchev–Trinajstić information content (AvgIpc) is 3.73. The van der Waals surface area contributed by atoms with Crippen LogP contribution in [0.3, 0.4) is 0 Å². The van der Waals surface area contributed by atoms with E-state index in [0.29, 0.717) is 0 Å². The topological polar surface area (TPSA) is 22.8 Å². The fraction of sp³-hybridized carbons (Fsp3) is 0.0408. The second-order valence-corrected chi connectivity index (χ2v) is 13.5.